The highest BCUT2D eigenvalue weighted by Crippen LogP contribution is 2.07. The van der Waals surface area contributed by atoms with Gasteiger partial charge < -0.3 is 10.6 Å². The van der Waals surface area contributed by atoms with Crippen LogP contribution in [0.15, 0.2) is 0 Å². The topological polar surface area (TPSA) is 53.1 Å². The van der Waals surface area contributed by atoms with E-state index in [-0.39, 0.29) is 0 Å². The molecule has 0 aliphatic carbocycles. The van der Waals surface area contributed by atoms with Crippen LogP contribution in [0.2, 0.25) is 0 Å². The third-order valence-corrected chi connectivity index (χ3v) is 3.13. The predicted octanol–water partition coefficient (Wildman–Crippen LogP) is 2.99. The van der Waals surface area contributed by atoms with Crippen molar-refractivity contribution in [3.63, 3.8) is 0 Å². The molecular weight excluding hydrogens is 198 g/mol. The molecule has 0 radical (unpaired) electrons. The fourth-order valence-corrected chi connectivity index (χ4v) is 1.84. The van der Waals surface area contributed by atoms with E-state index in [0.29, 0.717) is 18.3 Å². The zero-order chi connectivity index (χ0) is 12.4. The Morgan fingerprint density at radius 1 is 1.19 bits per heavy atom. The van der Waals surface area contributed by atoms with E-state index < -0.39 is 0 Å². The van der Waals surface area contributed by atoms with Crippen molar-refractivity contribution in [2.45, 2.75) is 64.8 Å². The molecule has 96 valence electrons. The van der Waals surface area contributed by atoms with Crippen molar-refractivity contribution in [1.29, 1.82) is 5.41 Å². The number of unbranched alkanes of at least 4 members (excludes halogenated alkanes) is 5. The molecule has 3 heteroatoms. The molecule has 0 spiro atoms. The molecule has 0 fully saturated rings. The van der Waals surface area contributed by atoms with Crippen molar-refractivity contribution in [3.05, 3.63) is 0 Å². The van der Waals surface area contributed by atoms with E-state index in [1.165, 1.54) is 38.5 Å². The Kier molecular flexibility index (Phi) is 9.30. The molecule has 3 nitrogen and oxygen atoms in total. The molecule has 0 saturated heterocycles. The predicted molar refractivity (Wildman–Crippen MR) is 72.0 cm³/mol. The van der Waals surface area contributed by atoms with E-state index >= 15 is 0 Å². The standard InChI is InChI=1S/C13H29N3/c1-4-5-6-7-8-9-10-16(3)12(2)11-13(14)15/h12H,4-11H2,1-3H3,(H3,14,15). The van der Waals surface area contributed by atoms with Gasteiger partial charge in [-0.15, -0.1) is 0 Å². The maximum atomic E-state index is 7.26. The number of nitrogens with zero attached hydrogens (tertiary/aromatic N) is 1. The molecule has 0 saturated carbocycles. The Bertz CT molecular complexity index is 180. The molecule has 0 bridgehead atoms. The zero-order valence-corrected chi connectivity index (χ0v) is 11.3. The summed E-state index contributed by atoms with van der Waals surface area (Å²) in [7, 11) is 2.12. The largest absolute Gasteiger partial charge is 0.388 e. The highest BCUT2D eigenvalue weighted by Gasteiger charge is 2.09. The minimum Gasteiger partial charge on any atom is -0.388 e. The summed E-state index contributed by atoms with van der Waals surface area (Å²) in [5.74, 6) is 0.294. The first kappa shape index (κ1) is 15.4. The van der Waals surface area contributed by atoms with Gasteiger partial charge in [0.2, 0.25) is 0 Å². The van der Waals surface area contributed by atoms with Crippen LogP contribution in [-0.4, -0.2) is 30.4 Å². The average Bonchev–Trinajstić information content (AvgIpc) is 2.21. The molecule has 3 N–H and O–H groups in total. The quantitative estimate of drug-likeness (QED) is 0.342. The highest BCUT2D eigenvalue weighted by atomic mass is 15.1. The third kappa shape index (κ3) is 8.72. The number of hydrogen-bond acceptors (Lipinski definition) is 2. The summed E-state index contributed by atoms with van der Waals surface area (Å²) in [5.41, 5.74) is 5.40. The van der Waals surface area contributed by atoms with Crippen molar-refractivity contribution < 1.29 is 0 Å². The van der Waals surface area contributed by atoms with Gasteiger partial charge >= 0.3 is 0 Å². The van der Waals surface area contributed by atoms with Gasteiger partial charge in [0.1, 0.15) is 0 Å². The van der Waals surface area contributed by atoms with Crippen molar-refractivity contribution in [2.24, 2.45) is 5.73 Å². The van der Waals surface area contributed by atoms with E-state index in [2.05, 4.69) is 25.8 Å². The second-order valence-corrected chi connectivity index (χ2v) is 4.83. The Labute approximate surface area is 101 Å². The van der Waals surface area contributed by atoms with Crippen LogP contribution < -0.4 is 5.73 Å². The molecule has 0 aromatic carbocycles. The van der Waals surface area contributed by atoms with Crippen molar-refractivity contribution in [2.75, 3.05) is 13.6 Å². The number of rotatable bonds is 10. The Hall–Kier alpha value is -0.570. The van der Waals surface area contributed by atoms with Gasteiger partial charge in [-0.3, -0.25) is 5.41 Å². The number of nitrogens with two attached hydrogens (primary N) is 1. The normalized spacial score (nSPS) is 13.0. The molecule has 0 amide bonds. The van der Waals surface area contributed by atoms with Gasteiger partial charge in [0, 0.05) is 12.5 Å². The highest BCUT2D eigenvalue weighted by molar-refractivity contribution is 5.77. The molecular formula is C13H29N3. The minimum atomic E-state index is 0.294. The average molecular weight is 227 g/mol. The summed E-state index contributed by atoms with van der Waals surface area (Å²) in [5, 5.41) is 7.26. The monoisotopic (exact) mass is 227 g/mol. The summed E-state index contributed by atoms with van der Waals surface area (Å²) < 4.78 is 0. The van der Waals surface area contributed by atoms with E-state index in [1.54, 1.807) is 0 Å². The van der Waals surface area contributed by atoms with E-state index in [9.17, 15) is 0 Å². The van der Waals surface area contributed by atoms with Crippen LogP contribution in [0.25, 0.3) is 0 Å². The molecule has 16 heavy (non-hydrogen) atoms. The minimum absolute atomic E-state index is 0.294. The third-order valence-electron chi connectivity index (χ3n) is 3.13. The van der Waals surface area contributed by atoms with Crippen LogP contribution >= 0.6 is 0 Å². The van der Waals surface area contributed by atoms with E-state index in [1.807, 2.05) is 0 Å². The molecule has 0 aliphatic rings. The molecule has 0 aromatic heterocycles. The van der Waals surface area contributed by atoms with Crippen molar-refractivity contribution in [3.8, 4) is 0 Å². The Morgan fingerprint density at radius 2 is 1.75 bits per heavy atom. The maximum absolute atomic E-state index is 7.26. The summed E-state index contributed by atoms with van der Waals surface area (Å²) in [6.45, 7) is 5.51. The molecule has 0 aromatic rings. The lowest BCUT2D eigenvalue weighted by Crippen LogP contribution is -2.33. The fourth-order valence-electron chi connectivity index (χ4n) is 1.84. The molecule has 1 atom stereocenters. The van der Waals surface area contributed by atoms with Crippen LogP contribution in [0.1, 0.15) is 58.8 Å². The second-order valence-electron chi connectivity index (χ2n) is 4.83. The van der Waals surface area contributed by atoms with Crippen LogP contribution in [-0.2, 0) is 0 Å². The van der Waals surface area contributed by atoms with Crippen LogP contribution in [0.3, 0.4) is 0 Å². The first-order chi connectivity index (χ1) is 7.57. The lowest BCUT2D eigenvalue weighted by Gasteiger charge is -2.24. The van der Waals surface area contributed by atoms with Gasteiger partial charge in [0.05, 0.1) is 5.84 Å². The zero-order valence-electron chi connectivity index (χ0n) is 11.3. The second kappa shape index (κ2) is 9.64. The first-order valence-electron chi connectivity index (χ1n) is 6.61. The van der Waals surface area contributed by atoms with Crippen LogP contribution in [0.4, 0.5) is 0 Å². The van der Waals surface area contributed by atoms with Crippen molar-refractivity contribution >= 4 is 5.84 Å². The van der Waals surface area contributed by atoms with Gasteiger partial charge in [-0.25, -0.2) is 0 Å². The molecule has 0 heterocycles. The Morgan fingerprint density at radius 3 is 2.31 bits per heavy atom. The summed E-state index contributed by atoms with van der Waals surface area (Å²) >= 11 is 0. The molecule has 0 aliphatic heterocycles. The smallest absolute Gasteiger partial charge is 0.0920 e. The first-order valence-corrected chi connectivity index (χ1v) is 6.61. The SMILES string of the molecule is CCCCCCCCN(C)C(C)CC(=N)N. The lowest BCUT2D eigenvalue weighted by atomic mass is 10.1. The summed E-state index contributed by atoms with van der Waals surface area (Å²) in [4.78, 5) is 2.31. The van der Waals surface area contributed by atoms with Crippen LogP contribution in [0.5, 0.6) is 0 Å². The van der Waals surface area contributed by atoms with E-state index in [4.69, 9.17) is 11.1 Å². The van der Waals surface area contributed by atoms with Gasteiger partial charge in [0.15, 0.2) is 0 Å². The number of hydrogen-bond donors (Lipinski definition) is 2. The van der Waals surface area contributed by atoms with Gasteiger partial charge in [0.25, 0.3) is 0 Å². The molecule has 0 rings (SSSR count). The van der Waals surface area contributed by atoms with Crippen molar-refractivity contribution in [1.82, 2.24) is 4.90 Å². The van der Waals surface area contributed by atoms with Gasteiger partial charge in [-0.1, -0.05) is 39.0 Å². The van der Waals surface area contributed by atoms with E-state index in [0.717, 1.165) is 6.54 Å². The number of nitrogens with one attached hydrogen (secondary N) is 1. The number of amidine groups is 1. The maximum Gasteiger partial charge on any atom is 0.0920 e. The summed E-state index contributed by atoms with van der Waals surface area (Å²) in [6, 6.07) is 0.396. The molecule has 1 unspecified atom stereocenters. The van der Waals surface area contributed by atoms with Crippen LogP contribution in [0, 0.1) is 5.41 Å². The van der Waals surface area contributed by atoms with Gasteiger partial charge in [-0.05, 0) is 26.9 Å². The lowest BCUT2D eigenvalue weighted by molar-refractivity contribution is 0.256. The van der Waals surface area contributed by atoms with Gasteiger partial charge in [-0.2, -0.15) is 0 Å². The Balaban J connectivity index is 3.42. The summed E-state index contributed by atoms with van der Waals surface area (Å²) in [6.07, 6.45) is 8.71. The fraction of sp³-hybridized carbons (Fsp3) is 0.923.